The molecule has 5 nitrogen and oxygen atoms in total. The summed E-state index contributed by atoms with van der Waals surface area (Å²) in [6, 6.07) is 9.22. The SMILES string of the molecule is CS[C@@]1(Cc2ccccc2)NC(=O)[C@]2(SC)CC3=CC=C[C@H](O)[C@H]3N2C1=O. The molecule has 2 heterocycles. The van der Waals surface area contributed by atoms with Crippen LogP contribution in [0, 0.1) is 0 Å². The van der Waals surface area contributed by atoms with Crippen molar-refractivity contribution in [1.29, 1.82) is 0 Å². The predicted molar refractivity (Wildman–Crippen MR) is 109 cm³/mol. The maximum absolute atomic E-state index is 13.8. The molecule has 7 heteroatoms. The smallest absolute Gasteiger partial charge is 0.261 e. The fraction of sp³-hybridized carbons (Fsp3) is 0.400. The number of piperazine rings is 1. The van der Waals surface area contributed by atoms with Crippen LogP contribution in [0.3, 0.4) is 0 Å². The molecule has 27 heavy (non-hydrogen) atoms. The van der Waals surface area contributed by atoms with Crippen LogP contribution in [0.4, 0.5) is 0 Å². The van der Waals surface area contributed by atoms with Gasteiger partial charge >= 0.3 is 0 Å². The first kappa shape index (κ1) is 18.7. The fourth-order valence-electron chi connectivity index (χ4n) is 4.27. The number of thioether (sulfide) groups is 2. The summed E-state index contributed by atoms with van der Waals surface area (Å²) in [6.07, 6.45) is 9.14. The highest BCUT2D eigenvalue weighted by molar-refractivity contribution is 8.01. The van der Waals surface area contributed by atoms with Gasteiger partial charge in [-0.3, -0.25) is 9.59 Å². The molecule has 0 saturated carbocycles. The number of aliphatic hydroxyl groups is 1. The van der Waals surface area contributed by atoms with Crippen LogP contribution in [0.1, 0.15) is 12.0 Å². The molecule has 1 aliphatic carbocycles. The quantitative estimate of drug-likeness (QED) is 0.806. The third-order valence-electron chi connectivity index (χ3n) is 5.65. The summed E-state index contributed by atoms with van der Waals surface area (Å²) in [5.41, 5.74) is 1.91. The molecule has 2 fully saturated rings. The molecule has 1 aromatic rings. The first-order chi connectivity index (χ1) is 13.0. The number of nitrogens with zero attached hydrogens (tertiary/aromatic N) is 1. The molecular formula is C20H22N2O3S2. The van der Waals surface area contributed by atoms with E-state index in [1.165, 1.54) is 23.5 Å². The first-order valence-electron chi connectivity index (χ1n) is 8.83. The summed E-state index contributed by atoms with van der Waals surface area (Å²) < 4.78 is 0. The molecule has 0 unspecified atom stereocenters. The van der Waals surface area contributed by atoms with E-state index < -0.39 is 21.9 Å². The molecule has 2 amide bonds. The van der Waals surface area contributed by atoms with Gasteiger partial charge in [-0.2, -0.15) is 0 Å². The van der Waals surface area contributed by atoms with Crippen LogP contribution < -0.4 is 5.32 Å². The average Bonchev–Trinajstić information content (AvgIpc) is 3.04. The van der Waals surface area contributed by atoms with Crippen LogP contribution >= 0.6 is 23.5 Å². The number of rotatable bonds is 4. The number of benzene rings is 1. The molecular weight excluding hydrogens is 380 g/mol. The Kier molecular flexibility index (Phi) is 4.64. The number of nitrogens with one attached hydrogen (secondary N) is 1. The zero-order valence-electron chi connectivity index (χ0n) is 15.2. The number of carbonyl (C=O) groups excluding carboxylic acids is 2. The Balaban J connectivity index is 1.79. The van der Waals surface area contributed by atoms with Gasteiger partial charge in [-0.05, 0) is 23.6 Å². The van der Waals surface area contributed by atoms with Crippen molar-refractivity contribution in [3.8, 4) is 0 Å². The van der Waals surface area contributed by atoms with Gasteiger partial charge in [0.05, 0.1) is 12.1 Å². The zero-order valence-corrected chi connectivity index (χ0v) is 16.8. The van der Waals surface area contributed by atoms with Crippen LogP contribution in [-0.4, -0.2) is 56.2 Å². The summed E-state index contributed by atoms with van der Waals surface area (Å²) in [4.78, 5) is 26.7. The lowest BCUT2D eigenvalue weighted by atomic mass is 9.96. The lowest BCUT2D eigenvalue weighted by Crippen LogP contribution is -2.74. The number of aliphatic hydroxyl groups excluding tert-OH is 1. The number of hydrogen-bond acceptors (Lipinski definition) is 5. The number of allylic oxidation sites excluding steroid dienone is 2. The maximum atomic E-state index is 13.8. The van der Waals surface area contributed by atoms with E-state index in [1.54, 1.807) is 17.1 Å². The van der Waals surface area contributed by atoms with Crippen molar-refractivity contribution in [2.45, 2.75) is 34.7 Å². The van der Waals surface area contributed by atoms with Crippen molar-refractivity contribution in [3.05, 3.63) is 59.7 Å². The van der Waals surface area contributed by atoms with E-state index in [0.717, 1.165) is 11.1 Å². The second-order valence-corrected chi connectivity index (χ2v) is 9.24. The minimum absolute atomic E-state index is 0.143. The van der Waals surface area contributed by atoms with Crippen molar-refractivity contribution in [1.82, 2.24) is 10.2 Å². The molecule has 0 radical (unpaired) electrons. The van der Waals surface area contributed by atoms with Gasteiger partial charge in [0.1, 0.15) is 0 Å². The normalized spacial score (nSPS) is 34.8. The third kappa shape index (κ3) is 2.67. The Bertz CT molecular complexity index is 841. The molecule has 142 valence electrons. The summed E-state index contributed by atoms with van der Waals surface area (Å²) in [5, 5.41) is 13.6. The molecule has 2 N–H and O–H groups in total. The van der Waals surface area contributed by atoms with E-state index >= 15 is 0 Å². The average molecular weight is 403 g/mol. The lowest BCUT2D eigenvalue weighted by Gasteiger charge is -2.50. The number of fused-ring (bicyclic) bond motifs is 3. The van der Waals surface area contributed by atoms with Crippen LogP contribution in [-0.2, 0) is 16.0 Å². The molecule has 1 aromatic carbocycles. The summed E-state index contributed by atoms with van der Waals surface area (Å²) in [5.74, 6) is -0.307. The van der Waals surface area contributed by atoms with Gasteiger partial charge < -0.3 is 15.3 Å². The van der Waals surface area contributed by atoms with Crippen molar-refractivity contribution in [3.63, 3.8) is 0 Å². The fourth-order valence-corrected chi connectivity index (χ4v) is 5.99. The van der Waals surface area contributed by atoms with Crippen molar-refractivity contribution < 1.29 is 14.7 Å². The Hall–Kier alpha value is -1.70. The minimum atomic E-state index is -1.08. The molecule has 0 bridgehead atoms. The van der Waals surface area contributed by atoms with E-state index in [2.05, 4.69) is 5.32 Å². The Morgan fingerprint density at radius 2 is 1.96 bits per heavy atom. The van der Waals surface area contributed by atoms with Gasteiger partial charge in [0.2, 0.25) is 0 Å². The van der Waals surface area contributed by atoms with Gasteiger partial charge in [0.15, 0.2) is 9.74 Å². The van der Waals surface area contributed by atoms with Crippen LogP contribution in [0.5, 0.6) is 0 Å². The second kappa shape index (κ2) is 6.72. The summed E-state index contributed by atoms with van der Waals surface area (Å²) in [7, 11) is 0. The molecule has 0 spiro atoms. The highest BCUT2D eigenvalue weighted by atomic mass is 32.2. The second-order valence-electron chi connectivity index (χ2n) is 7.05. The molecule has 2 saturated heterocycles. The van der Waals surface area contributed by atoms with E-state index in [-0.39, 0.29) is 11.8 Å². The monoisotopic (exact) mass is 402 g/mol. The predicted octanol–water partition coefficient (Wildman–Crippen LogP) is 1.94. The van der Waals surface area contributed by atoms with Crippen molar-refractivity contribution in [2.24, 2.45) is 0 Å². The van der Waals surface area contributed by atoms with Gasteiger partial charge in [-0.15, -0.1) is 23.5 Å². The highest BCUT2D eigenvalue weighted by Crippen LogP contribution is 2.51. The van der Waals surface area contributed by atoms with Gasteiger partial charge in [0.25, 0.3) is 11.8 Å². The van der Waals surface area contributed by atoms with E-state index in [0.29, 0.717) is 12.8 Å². The largest absolute Gasteiger partial charge is 0.387 e. The Morgan fingerprint density at radius 1 is 1.22 bits per heavy atom. The lowest BCUT2D eigenvalue weighted by molar-refractivity contribution is -0.153. The molecule has 4 rings (SSSR count). The Labute approximate surface area is 167 Å². The van der Waals surface area contributed by atoms with Gasteiger partial charge in [0, 0.05) is 12.8 Å². The minimum Gasteiger partial charge on any atom is -0.387 e. The first-order valence-corrected chi connectivity index (χ1v) is 11.3. The zero-order chi connectivity index (χ0) is 19.2. The van der Waals surface area contributed by atoms with Crippen LogP contribution in [0.15, 0.2) is 54.1 Å². The van der Waals surface area contributed by atoms with E-state index in [1.807, 2.05) is 48.9 Å². The van der Waals surface area contributed by atoms with E-state index in [9.17, 15) is 14.7 Å². The standard InChI is InChI=1S/C20H22N2O3S2/c1-26-19(11-13-7-4-3-5-8-13)18(25)22-16-14(9-6-10-15(16)23)12-20(22,27-2)17(24)21-19/h3-10,15-16,23H,11-12H2,1-2H3,(H,21,24)/t15-,16-,19+,20+/m0/s1. The van der Waals surface area contributed by atoms with Crippen molar-refractivity contribution >= 4 is 35.3 Å². The van der Waals surface area contributed by atoms with Crippen LogP contribution in [0.25, 0.3) is 0 Å². The number of carbonyl (C=O) groups is 2. The number of hydrogen-bond donors (Lipinski definition) is 2. The Morgan fingerprint density at radius 3 is 2.63 bits per heavy atom. The topological polar surface area (TPSA) is 69.6 Å². The van der Waals surface area contributed by atoms with Gasteiger partial charge in [-0.1, -0.05) is 48.6 Å². The molecule has 2 aliphatic heterocycles. The molecule has 4 atom stereocenters. The molecule has 3 aliphatic rings. The van der Waals surface area contributed by atoms with Crippen LogP contribution in [0.2, 0.25) is 0 Å². The summed E-state index contributed by atoms with van der Waals surface area (Å²) >= 11 is 2.71. The van der Waals surface area contributed by atoms with E-state index in [4.69, 9.17) is 0 Å². The van der Waals surface area contributed by atoms with Gasteiger partial charge in [-0.25, -0.2) is 0 Å². The molecule has 0 aromatic heterocycles. The highest BCUT2D eigenvalue weighted by Gasteiger charge is 2.65. The summed E-state index contributed by atoms with van der Waals surface area (Å²) in [6.45, 7) is 0. The number of amides is 2. The maximum Gasteiger partial charge on any atom is 0.261 e. The third-order valence-corrected chi connectivity index (χ3v) is 7.97. The van der Waals surface area contributed by atoms with Crippen molar-refractivity contribution in [2.75, 3.05) is 12.5 Å².